The Balaban J connectivity index is 1.40. The Morgan fingerprint density at radius 1 is 1.36 bits per heavy atom. The van der Waals surface area contributed by atoms with Crippen molar-refractivity contribution in [3.63, 3.8) is 0 Å². The largest absolute Gasteiger partial charge is 0.460 e. The molecular weight excluding hydrogens is 316 g/mol. The molecule has 0 aliphatic carbocycles. The van der Waals surface area contributed by atoms with Crippen LogP contribution in [-0.2, 0) is 6.54 Å². The van der Waals surface area contributed by atoms with Crippen LogP contribution in [0.25, 0.3) is 11.5 Å². The highest BCUT2D eigenvalue weighted by molar-refractivity contribution is 5.56. The summed E-state index contributed by atoms with van der Waals surface area (Å²) >= 11 is 0. The lowest BCUT2D eigenvalue weighted by atomic mass is 10.1. The molecule has 4 rings (SSSR count). The van der Waals surface area contributed by atoms with Crippen molar-refractivity contribution in [1.82, 2.24) is 25.7 Å². The normalized spacial score (nSPS) is 17.8. The number of furan rings is 1. The number of piperidine rings is 1. The van der Waals surface area contributed by atoms with E-state index in [0.717, 1.165) is 61.1 Å². The molecule has 25 heavy (non-hydrogen) atoms. The van der Waals surface area contributed by atoms with Crippen LogP contribution in [0.2, 0.25) is 0 Å². The highest BCUT2D eigenvalue weighted by Crippen LogP contribution is 2.24. The zero-order valence-electron chi connectivity index (χ0n) is 14.3. The van der Waals surface area contributed by atoms with Crippen molar-refractivity contribution in [1.29, 1.82) is 0 Å². The van der Waals surface area contributed by atoms with Gasteiger partial charge in [0.1, 0.15) is 11.5 Å². The van der Waals surface area contributed by atoms with E-state index < -0.39 is 0 Å². The number of hydrogen-bond acceptors (Lipinski definition) is 6. The standard InChI is InChI=1S/C18H22N6O/c1-13-6-7-16(25-13)18-14(11-21-23-18)10-19-15-4-3-9-24(12-15)17-5-2-8-20-22-17/h2,5-8,11,15,19H,3-4,9-10,12H2,1H3,(H,21,23)/t15-/m1/s1. The summed E-state index contributed by atoms with van der Waals surface area (Å²) in [6.07, 6.45) is 5.87. The Morgan fingerprint density at radius 2 is 2.32 bits per heavy atom. The fourth-order valence-corrected chi connectivity index (χ4v) is 3.30. The van der Waals surface area contributed by atoms with Crippen molar-refractivity contribution in [2.75, 3.05) is 18.0 Å². The Hall–Kier alpha value is -2.67. The molecule has 0 unspecified atom stereocenters. The Kier molecular flexibility index (Phi) is 4.47. The number of aromatic amines is 1. The van der Waals surface area contributed by atoms with Gasteiger partial charge in [-0.3, -0.25) is 5.10 Å². The summed E-state index contributed by atoms with van der Waals surface area (Å²) in [6.45, 7) is 4.66. The molecule has 4 heterocycles. The lowest BCUT2D eigenvalue weighted by molar-refractivity contribution is 0.419. The van der Waals surface area contributed by atoms with E-state index in [4.69, 9.17) is 4.42 Å². The van der Waals surface area contributed by atoms with Crippen LogP contribution >= 0.6 is 0 Å². The van der Waals surface area contributed by atoms with Crippen molar-refractivity contribution in [3.05, 3.63) is 48.0 Å². The molecule has 7 heteroatoms. The van der Waals surface area contributed by atoms with Crippen molar-refractivity contribution < 1.29 is 4.42 Å². The Morgan fingerprint density at radius 3 is 3.12 bits per heavy atom. The first-order valence-electron chi connectivity index (χ1n) is 8.64. The smallest absolute Gasteiger partial charge is 0.152 e. The second-order valence-electron chi connectivity index (χ2n) is 6.43. The van der Waals surface area contributed by atoms with Crippen LogP contribution in [0.15, 0.2) is 41.1 Å². The first kappa shape index (κ1) is 15.8. The topological polar surface area (TPSA) is 82.9 Å². The molecule has 2 N–H and O–H groups in total. The minimum atomic E-state index is 0.414. The molecule has 3 aromatic heterocycles. The number of rotatable bonds is 5. The van der Waals surface area contributed by atoms with Crippen LogP contribution < -0.4 is 10.2 Å². The van der Waals surface area contributed by atoms with Crippen LogP contribution in [0.4, 0.5) is 5.82 Å². The van der Waals surface area contributed by atoms with Crippen LogP contribution in [-0.4, -0.2) is 39.5 Å². The van der Waals surface area contributed by atoms with Crippen LogP contribution in [0, 0.1) is 6.92 Å². The molecule has 1 fully saturated rings. The average molecular weight is 338 g/mol. The maximum absolute atomic E-state index is 5.71. The van der Waals surface area contributed by atoms with Gasteiger partial charge in [-0.15, -0.1) is 5.10 Å². The van der Waals surface area contributed by atoms with Gasteiger partial charge >= 0.3 is 0 Å². The van der Waals surface area contributed by atoms with E-state index in [-0.39, 0.29) is 0 Å². The quantitative estimate of drug-likeness (QED) is 0.744. The number of nitrogens with zero attached hydrogens (tertiary/aromatic N) is 4. The van der Waals surface area contributed by atoms with Crippen LogP contribution in [0.3, 0.4) is 0 Å². The average Bonchev–Trinajstić information content (AvgIpc) is 3.29. The van der Waals surface area contributed by atoms with E-state index in [1.807, 2.05) is 37.4 Å². The Bertz CT molecular complexity index is 812. The molecule has 1 aliphatic heterocycles. The van der Waals surface area contributed by atoms with Gasteiger partial charge in [0.2, 0.25) is 0 Å². The summed E-state index contributed by atoms with van der Waals surface area (Å²) in [5.74, 6) is 2.68. The molecule has 0 aromatic carbocycles. The lowest BCUT2D eigenvalue weighted by Crippen LogP contribution is -2.45. The Labute approximate surface area is 146 Å². The number of H-pyrrole nitrogens is 1. The first-order chi connectivity index (χ1) is 12.3. The van der Waals surface area contributed by atoms with Gasteiger partial charge in [0.05, 0.1) is 6.20 Å². The van der Waals surface area contributed by atoms with Gasteiger partial charge in [-0.1, -0.05) is 0 Å². The fourth-order valence-electron chi connectivity index (χ4n) is 3.30. The van der Waals surface area contributed by atoms with Crippen molar-refractivity contribution in [2.24, 2.45) is 0 Å². The van der Waals surface area contributed by atoms with E-state index >= 15 is 0 Å². The first-order valence-corrected chi connectivity index (χ1v) is 8.64. The van der Waals surface area contributed by atoms with Gasteiger partial charge < -0.3 is 14.6 Å². The zero-order valence-corrected chi connectivity index (χ0v) is 14.3. The summed E-state index contributed by atoms with van der Waals surface area (Å²) in [5, 5.41) is 19.1. The van der Waals surface area contributed by atoms with Gasteiger partial charge in [0, 0.05) is 37.4 Å². The van der Waals surface area contributed by atoms with Crippen molar-refractivity contribution in [2.45, 2.75) is 32.4 Å². The number of anilines is 1. The SMILES string of the molecule is Cc1ccc(-c2[nH]ncc2CN[C@@H]2CCCN(c3cccnn3)C2)o1. The molecule has 130 valence electrons. The maximum Gasteiger partial charge on any atom is 0.152 e. The second-order valence-corrected chi connectivity index (χ2v) is 6.43. The third-order valence-corrected chi connectivity index (χ3v) is 4.59. The van der Waals surface area contributed by atoms with E-state index in [1.54, 1.807) is 6.20 Å². The molecule has 1 atom stereocenters. The molecule has 1 aliphatic rings. The maximum atomic E-state index is 5.71. The van der Waals surface area contributed by atoms with Gasteiger partial charge in [0.25, 0.3) is 0 Å². The van der Waals surface area contributed by atoms with Crippen LogP contribution in [0.5, 0.6) is 0 Å². The van der Waals surface area contributed by atoms with Gasteiger partial charge in [-0.05, 0) is 44.0 Å². The molecule has 0 radical (unpaired) electrons. The molecule has 1 saturated heterocycles. The summed E-state index contributed by atoms with van der Waals surface area (Å²) in [4.78, 5) is 2.29. The van der Waals surface area contributed by atoms with Gasteiger partial charge in [-0.25, -0.2) is 0 Å². The van der Waals surface area contributed by atoms with Crippen molar-refractivity contribution in [3.8, 4) is 11.5 Å². The molecule has 0 saturated carbocycles. The summed E-state index contributed by atoms with van der Waals surface area (Å²) in [7, 11) is 0. The number of hydrogen-bond donors (Lipinski definition) is 2. The molecule has 0 amide bonds. The molecule has 7 nitrogen and oxygen atoms in total. The summed E-state index contributed by atoms with van der Waals surface area (Å²) in [6, 6.07) is 8.30. The lowest BCUT2D eigenvalue weighted by Gasteiger charge is -2.33. The van der Waals surface area contributed by atoms with E-state index in [2.05, 4.69) is 30.6 Å². The van der Waals surface area contributed by atoms with Crippen molar-refractivity contribution >= 4 is 5.82 Å². The molecule has 0 spiro atoms. The third kappa shape index (κ3) is 3.56. The highest BCUT2D eigenvalue weighted by Gasteiger charge is 2.21. The van der Waals surface area contributed by atoms with E-state index in [1.165, 1.54) is 0 Å². The monoisotopic (exact) mass is 338 g/mol. The highest BCUT2D eigenvalue weighted by atomic mass is 16.3. The minimum absolute atomic E-state index is 0.414. The molecular formula is C18H22N6O. The fraction of sp³-hybridized carbons (Fsp3) is 0.389. The van der Waals surface area contributed by atoms with E-state index in [0.29, 0.717) is 6.04 Å². The van der Waals surface area contributed by atoms with Gasteiger partial charge in [0.15, 0.2) is 11.6 Å². The predicted octanol–water partition coefficient (Wildman–Crippen LogP) is 2.53. The van der Waals surface area contributed by atoms with Gasteiger partial charge in [-0.2, -0.15) is 10.2 Å². The van der Waals surface area contributed by atoms with E-state index in [9.17, 15) is 0 Å². The number of aryl methyl sites for hydroxylation is 1. The predicted molar refractivity (Wildman–Crippen MR) is 95.1 cm³/mol. The summed E-state index contributed by atoms with van der Waals surface area (Å²) in [5.41, 5.74) is 2.06. The third-order valence-electron chi connectivity index (χ3n) is 4.59. The number of nitrogens with one attached hydrogen (secondary N) is 2. The second kappa shape index (κ2) is 7.06. The number of aromatic nitrogens is 4. The summed E-state index contributed by atoms with van der Waals surface area (Å²) < 4.78 is 5.71. The molecule has 3 aromatic rings. The van der Waals surface area contributed by atoms with Crippen LogP contribution in [0.1, 0.15) is 24.2 Å². The zero-order chi connectivity index (χ0) is 17.1. The minimum Gasteiger partial charge on any atom is -0.460 e. The molecule has 0 bridgehead atoms.